The molecule has 0 spiro atoms. The van der Waals surface area contributed by atoms with E-state index in [9.17, 15) is 4.79 Å². The van der Waals surface area contributed by atoms with Crippen molar-refractivity contribution >= 4 is 6.03 Å². The lowest BCUT2D eigenvalue weighted by molar-refractivity contribution is 0.207. The molecule has 1 aliphatic heterocycles. The Hall–Kier alpha value is -1.59. The molecular weight excluding hydrogens is 242 g/mol. The van der Waals surface area contributed by atoms with Crippen LogP contribution in [0.2, 0.25) is 0 Å². The lowest BCUT2D eigenvalue weighted by Crippen LogP contribution is -2.38. The lowest BCUT2D eigenvalue weighted by atomic mass is 9.91. The van der Waals surface area contributed by atoms with Crippen molar-refractivity contribution < 1.29 is 4.79 Å². The Labute approximate surface area is 113 Å². The molecular formula is C13H21N5O. The number of nitrogens with one attached hydrogen (secondary N) is 2. The Morgan fingerprint density at radius 3 is 2.84 bits per heavy atom. The van der Waals surface area contributed by atoms with E-state index >= 15 is 0 Å². The number of hydrogen-bond acceptors (Lipinski definition) is 3. The molecule has 0 radical (unpaired) electrons. The summed E-state index contributed by atoms with van der Waals surface area (Å²) in [6.07, 6.45) is 2.57. The van der Waals surface area contributed by atoms with Crippen molar-refractivity contribution in [2.24, 2.45) is 11.8 Å². The first-order chi connectivity index (χ1) is 9.19. The summed E-state index contributed by atoms with van der Waals surface area (Å²) < 4.78 is 0. The third-order valence-corrected chi connectivity index (χ3v) is 4.15. The number of rotatable bonds is 3. The zero-order valence-corrected chi connectivity index (χ0v) is 11.5. The smallest absolute Gasteiger partial charge is 0.317 e. The van der Waals surface area contributed by atoms with E-state index in [1.807, 2.05) is 18.7 Å². The predicted molar refractivity (Wildman–Crippen MR) is 70.7 cm³/mol. The summed E-state index contributed by atoms with van der Waals surface area (Å²) in [7, 11) is 0. The number of carbonyl (C=O) groups excluding carboxylic acids is 1. The molecule has 2 aliphatic rings. The molecule has 1 saturated carbocycles. The van der Waals surface area contributed by atoms with Gasteiger partial charge < -0.3 is 10.2 Å². The summed E-state index contributed by atoms with van der Waals surface area (Å²) in [5, 5.41) is 10.1. The highest BCUT2D eigenvalue weighted by molar-refractivity contribution is 5.74. The van der Waals surface area contributed by atoms with Crippen LogP contribution in [0.5, 0.6) is 0 Å². The van der Waals surface area contributed by atoms with Crippen molar-refractivity contribution in [3.8, 4) is 0 Å². The quantitative estimate of drug-likeness (QED) is 0.862. The van der Waals surface area contributed by atoms with Crippen molar-refractivity contribution in [2.45, 2.75) is 32.6 Å². The minimum absolute atomic E-state index is 0.0444. The van der Waals surface area contributed by atoms with Crippen LogP contribution in [0.15, 0.2) is 0 Å². The van der Waals surface area contributed by atoms with E-state index in [0.29, 0.717) is 18.4 Å². The first-order valence-corrected chi connectivity index (χ1v) is 7.10. The van der Waals surface area contributed by atoms with Gasteiger partial charge in [0.25, 0.3) is 0 Å². The topological polar surface area (TPSA) is 73.9 Å². The Bertz CT molecular complexity index is 467. The second kappa shape index (κ2) is 4.83. The molecule has 2 fully saturated rings. The maximum absolute atomic E-state index is 12.0. The van der Waals surface area contributed by atoms with E-state index in [1.165, 1.54) is 12.8 Å². The van der Waals surface area contributed by atoms with Gasteiger partial charge in [-0.15, -0.1) is 0 Å². The summed E-state index contributed by atoms with van der Waals surface area (Å²) in [6.45, 7) is 6.12. The van der Waals surface area contributed by atoms with Gasteiger partial charge in [0, 0.05) is 25.6 Å². The van der Waals surface area contributed by atoms with Gasteiger partial charge in [0.1, 0.15) is 5.82 Å². The first-order valence-electron chi connectivity index (χ1n) is 7.10. The number of urea groups is 1. The van der Waals surface area contributed by atoms with Gasteiger partial charge in [0.15, 0.2) is 5.82 Å². The normalized spacial score (nSPS) is 26.7. The van der Waals surface area contributed by atoms with Crippen molar-refractivity contribution in [3.05, 3.63) is 11.6 Å². The SMILES string of the molecule is CCNC(=O)N1C[C@@H](c2n[nH]c(C)n2)[C@H](C2CC2)C1. The second-order valence-electron chi connectivity index (χ2n) is 5.63. The average Bonchev–Trinajstić information content (AvgIpc) is 2.98. The minimum atomic E-state index is 0.0444. The highest BCUT2D eigenvalue weighted by Gasteiger charge is 2.45. The van der Waals surface area contributed by atoms with Crippen LogP contribution in [0.25, 0.3) is 0 Å². The molecule has 1 aromatic rings. The number of carbonyl (C=O) groups is 1. The molecule has 19 heavy (non-hydrogen) atoms. The van der Waals surface area contributed by atoms with Crippen LogP contribution in [0.3, 0.4) is 0 Å². The monoisotopic (exact) mass is 263 g/mol. The molecule has 3 rings (SSSR count). The van der Waals surface area contributed by atoms with Crippen molar-refractivity contribution in [2.75, 3.05) is 19.6 Å². The summed E-state index contributed by atoms with van der Waals surface area (Å²) >= 11 is 0. The molecule has 2 amide bonds. The van der Waals surface area contributed by atoms with E-state index < -0.39 is 0 Å². The molecule has 2 atom stereocenters. The Morgan fingerprint density at radius 1 is 1.47 bits per heavy atom. The van der Waals surface area contributed by atoms with Crippen LogP contribution in [0.1, 0.15) is 37.3 Å². The molecule has 0 bridgehead atoms. The van der Waals surface area contributed by atoms with Gasteiger partial charge >= 0.3 is 6.03 Å². The van der Waals surface area contributed by atoms with Crippen LogP contribution in [-0.2, 0) is 0 Å². The maximum atomic E-state index is 12.0. The molecule has 1 aliphatic carbocycles. The van der Waals surface area contributed by atoms with Gasteiger partial charge in [0.2, 0.25) is 0 Å². The Morgan fingerprint density at radius 2 is 2.26 bits per heavy atom. The van der Waals surface area contributed by atoms with Gasteiger partial charge in [-0.05, 0) is 38.5 Å². The van der Waals surface area contributed by atoms with Crippen LogP contribution >= 0.6 is 0 Å². The number of aromatic amines is 1. The van der Waals surface area contributed by atoms with Gasteiger partial charge in [-0.1, -0.05) is 0 Å². The van der Waals surface area contributed by atoms with E-state index in [0.717, 1.165) is 30.7 Å². The molecule has 104 valence electrons. The van der Waals surface area contributed by atoms with E-state index in [-0.39, 0.29) is 6.03 Å². The van der Waals surface area contributed by atoms with Gasteiger partial charge in [-0.25, -0.2) is 9.78 Å². The zero-order chi connectivity index (χ0) is 13.4. The number of amides is 2. The van der Waals surface area contributed by atoms with Crippen LogP contribution in [-0.4, -0.2) is 45.7 Å². The molecule has 6 heteroatoms. The number of nitrogens with zero attached hydrogens (tertiary/aromatic N) is 3. The van der Waals surface area contributed by atoms with E-state index in [2.05, 4.69) is 20.5 Å². The second-order valence-corrected chi connectivity index (χ2v) is 5.63. The molecule has 0 unspecified atom stereocenters. The van der Waals surface area contributed by atoms with Crippen LogP contribution in [0, 0.1) is 18.8 Å². The standard InChI is InChI=1S/C13H21N5O/c1-3-14-13(19)18-6-10(9-4-5-9)11(7-18)12-15-8(2)16-17-12/h9-11H,3-7H2,1-2H3,(H,14,19)(H,15,16,17)/t10-,11+/m0/s1. The van der Waals surface area contributed by atoms with Crippen molar-refractivity contribution in [1.82, 2.24) is 25.4 Å². The fourth-order valence-corrected chi connectivity index (χ4v) is 3.06. The predicted octanol–water partition coefficient (Wildman–Crippen LogP) is 1.27. The minimum Gasteiger partial charge on any atom is -0.338 e. The molecule has 1 aromatic heterocycles. The number of likely N-dealkylation sites (tertiary alicyclic amines) is 1. The van der Waals surface area contributed by atoms with Gasteiger partial charge in [0.05, 0.1) is 0 Å². The van der Waals surface area contributed by atoms with Crippen molar-refractivity contribution in [3.63, 3.8) is 0 Å². The number of aromatic nitrogens is 3. The summed E-state index contributed by atoms with van der Waals surface area (Å²) in [5.41, 5.74) is 0. The zero-order valence-electron chi connectivity index (χ0n) is 11.5. The summed E-state index contributed by atoms with van der Waals surface area (Å²) in [4.78, 5) is 18.4. The maximum Gasteiger partial charge on any atom is 0.317 e. The highest BCUT2D eigenvalue weighted by Crippen LogP contribution is 2.46. The first kappa shape index (κ1) is 12.4. The van der Waals surface area contributed by atoms with Gasteiger partial charge in [-0.3, -0.25) is 5.10 Å². The van der Waals surface area contributed by atoms with Crippen LogP contribution in [0.4, 0.5) is 4.79 Å². The largest absolute Gasteiger partial charge is 0.338 e. The third kappa shape index (κ3) is 2.43. The van der Waals surface area contributed by atoms with Crippen molar-refractivity contribution in [1.29, 1.82) is 0 Å². The number of H-pyrrole nitrogens is 1. The average molecular weight is 263 g/mol. The van der Waals surface area contributed by atoms with E-state index in [4.69, 9.17) is 0 Å². The Kier molecular flexibility index (Phi) is 3.16. The third-order valence-electron chi connectivity index (χ3n) is 4.15. The molecule has 1 saturated heterocycles. The fraction of sp³-hybridized carbons (Fsp3) is 0.769. The molecule has 0 aromatic carbocycles. The molecule has 6 nitrogen and oxygen atoms in total. The fourth-order valence-electron chi connectivity index (χ4n) is 3.06. The lowest BCUT2D eigenvalue weighted by Gasteiger charge is -2.16. The molecule has 2 N–H and O–H groups in total. The Balaban J connectivity index is 1.76. The number of hydrogen-bond donors (Lipinski definition) is 2. The van der Waals surface area contributed by atoms with E-state index in [1.54, 1.807) is 0 Å². The number of aryl methyl sites for hydroxylation is 1. The summed E-state index contributed by atoms with van der Waals surface area (Å²) in [5.74, 6) is 3.29. The van der Waals surface area contributed by atoms with Gasteiger partial charge in [-0.2, -0.15) is 5.10 Å². The molecule has 2 heterocycles. The highest BCUT2D eigenvalue weighted by atomic mass is 16.2. The van der Waals surface area contributed by atoms with Crippen LogP contribution < -0.4 is 5.32 Å². The summed E-state index contributed by atoms with van der Waals surface area (Å²) in [6, 6.07) is 0.0444.